The molecule has 2 aromatic rings. The van der Waals surface area contributed by atoms with E-state index in [0.29, 0.717) is 6.04 Å². The third-order valence-corrected chi connectivity index (χ3v) is 4.37. The van der Waals surface area contributed by atoms with E-state index >= 15 is 0 Å². The summed E-state index contributed by atoms with van der Waals surface area (Å²) in [6, 6.07) is 4.69. The maximum absolute atomic E-state index is 6.00. The predicted octanol–water partition coefficient (Wildman–Crippen LogP) is 3.94. The van der Waals surface area contributed by atoms with E-state index in [4.69, 9.17) is 11.6 Å². The Morgan fingerprint density at radius 3 is 2.78 bits per heavy atom. The van der Waals surface area contributed by atoms with E-state index in [1.165, 1.54) is 10.4 Å². The van der Waals surface area contributed by atoms with Crippen LogP contribution in [0.1, 0.15) is 42.8 Å². The van der Waals surface area contributed by atoms with Crippen LogP contribution in [-0.2, 0) is 7.05 Å². The highest BCUT2D eigenvalue weighted by Crippen LogP contribution is 2.30. The highest BCUT2D eigenvalue weighted by Gasteiger charge is 2.16. The fourth-order valence-electron chi connectivity index (χ4n) is 1.98. The van der Waals surface area contributed by atoms with Gasteiger partial charge in [-0.15, -0.1) is 11.3 Å². The van der Waals surface area contributed by atoms with E-state index < -0.39 is 0 Å². The molecule has 0 saturated carbocycles. The number of hydrogen-bond acceptors (Lipinski definition) is 3. The Hall–Kier alpha value is -0.840. The number of nitrogens with one attached hydrogen (secondary N) is 1. The Labute approximate surface area is 117 Å². The first-order valence-corrected chi connectivity index (χ1v) is 7.29. The van der Waals surface area contributed by atoms with Gasteiger partial charge in [-0.3, -0.25) is 4.68 Å². The Bertz CT molecular complexity index is 506. The second kappa shape index (κ2) is 5.87. The molecule has 0 unspecified atom stereocenters. The van der Waals surface area contributed by atoms with Crippen LogP contribution < -0.4 is 5.32 Å². The molecule has 5 heteroatoms. The molecule has 18 heavy (non-hydrogen) atoms. The van der Waals surface area contributed by atoms with Gasteiger partial charge in [0.15, 0.2) is 0 Å². The minimum absolute atomic E-state index is 0.282. The summed E-state index contributed by atoms with van der Waals surface area (Å²) < 4.78 is 2.68. The molecule has 2 heterocycles. The minimum Gasteiger partial charge on any atom is -0.303 e. The first-order chi connectivity index (χ1) is 8.60. The molecule has 0 aliphatic heterocycles. The van der Waals surface area contributed by atoms with Crippen molar-refractivity contribution in [2.45, 2.75) is 32.4 Å². The van der Waals surface area contributed by atoms with Crippen LogP contribution in [0, 0.1) is 0 Å². The molecule has 0 radical (unpaired) electrons. The Morgan fingerprint density at radius 2 is 2.28 bits per heavy atom. The van der Waals surface area contributed by atoms with Crippen LogP contribution in [0.25, 0.3) is 0 Å². The molecule has 2 aromatic heterocycles. The molecule has 0 amide bonds. The van der Waals surface area contributed by atoms with Gasteiger partial charge in [0.1, 0.15) is 0 Å². The topological polar surface area (TPSA) is 29.9 Å². The smallest absolute Gasteiger partial charge is 0.0931 e. The molecular formula is C13H18ClN3S. The van der Waals surface area contributed by atoms with Crippen LogP contribution in [0.15, 0.2) is 24.5 Å². The van der Waals surface area contributed by atoms with Crippen molar-refractivity contribution in [3.8, 4) is 0 Å². The van der Waals surface area contributed by atoms with Crippen molar-refractivity contribution in [1.82, 2.24) is 15.1 Å². The van der Waals surface area contributed by atoms with Crippen molar-refractivity contribution < 1.29 is 0 Å². The third-order valence-electron chi connectivity index (χ3n) is 3.02. The molecule has 0 saturated heterocycles. The van der Waals surface area contributed by atoms with E-state index in [-0.39, 0.29) is 6.04 Å². The minimum atomic E-state index is 0.282. The molecule has 3 nitrogen and oxygen atoms in total. The predicted molar refractivity (Wildman–Crippen MR) is 77.1 cm³/mol. The zero-order chi connectivity index (χ0) is 13.1. The van der Waals surface area contributed by atoms with Crippen LogP contribution in [-0.4, -0.2) is 9.78 Å². The normalized spacial score (nSPS) is 14.7. The third kappa shape index (κ3) is 3.13. The monoisotopic (exact) mass is 283 g/mol. The average molecular weight is 284 g/mol. The second-order valence-corrected chi connectivity index (χ2v) is 6.19. The molecule has 0 bridgehead atoms. The maximum Gasteiger partial charge on any atom is 0.0931 e. The van der Waals surface area contributed by atoms with Gasteiger partial charge in [0.05, 0.1) is 10.5 Å². The summed E-state index contributed by atoms with van der Waals surface area (Å²) in [5.74, 6) is 0. The first kappa shape index (κ1) is 13.6. The zero-order valence-electron chi connectivity index (χ0n) is 10.9. The lowest BCUT2D eigenvalue weighted by molar-refractivity contribution is 0.462. The number of aromatic nitrogens is 2. The highest BCUT2D eigenvalue weighted by molar-refractivity contribution is 7.16. The van der Waals surface area contributed by atoms with E-state index in [1.807, 2.05) is 30.2 Å². The molecule has 2 atom stereocenters. The van der Waals surface area contributed by atoms with E-state index in [1.54, 1.807) is 11.3 Å². The highest BCUT2D eigenvalue weighted by atomic mass is 35.5. The summed E-state index contributed by atoms with van der Waals surface area (Å²) in [5.41, 5.74) is 1.21. The summed E-state index contributed by atoms with van der Waals surface area (Å²) in [7, 11) is 1.94. The first-order valence-electron chi connectivity index (χ1n) is 6.10. The SMILES string of the molecule is CC[C@H](N[C@@H](C)c1cnn(C)c1)c1ccc(Cl)s1. The van der Waals surface area contributed by atoms with Crippen LogP contribution in [0.5, 0.6) is 0 Å². The van der Waals surface area contributed by atoms with Crippen molar-refractivity contribution >= 4 is 22.9 Å². The summed E-state index contributed by atoms with van der Waals surface area (Å²) in [4.78, 5) is 1.29. The zero-order valence-corrected chi connectivity index (χ0v) is 12.4. The number of aryl methyl sites for hydroxylation is 1. The fourth-order valence-corrected chi connectivity index (χ4v) is 3.18. The number of hydrogen-bond donors (Lipinski definition) is 1. The van der Waals surface area contributed by atoms with Crippen molar-refractivity contribution in [3.63, 3.8) is 0 Å². The van der Waals surface area contributed by atoms with Crippen LogP contribution >= 0.6 is 22.9 Å². The molecule has 0 aliphatic rings. The number of halogens is 1. The largest absolute Gasteiger partial charge is 0.303 e. The summed E-state index contributed by atoms with van der Waals surface area (Å²) >= 11 is 7.64. The quantitative estimate of drug-likeness (QED) is 0.901. The number of thiophene rings is 1. The summed E-state index contributed by atoms with van der Waals surface area (Å²) in [6.07, 6.45) is 5.00. The lowest BCUT2D eigenvalue weighted by Crippen LogP contribution is -2.23. The summed E-state index contributed by atoms with van der Waals surface area (Å²) in [6.45, 7) is 4.34. The van der Waals surface area contributed by atoms with Crippen LogP contribution in [0.3, 0.4) is 0 Å². The average Bonchev–Trinajstić information content (AvgIpc) is 2.94. The molecule has 0 spiro atoms. The van der Waals surface area contributed by atoms with E-state index in [2.05, 4.69) is 30.3 Å². The lowest BCUT2D eigenvalue weighted by Gasteiger charge is -2.20. The van der Waals surface area contributed by atoms with Crippen LogP contribution in [0.2, 0.25) is 4.34 Å². The second-order valence-electron chi connectivity index (χ2n) is 4.44. The van der Waals surface area contributed by atoms with Crippen molar-refractivity contribution in [1.29, 1.82) is 0 Å². The van der Waals surface area contributed by atoms with Gasteiger partial charge in [-0.2, -0.15) is 5.10 Å². The Kier molecular flexibility index (Phi) is 4.43. The van der Waals surface area contributed by atoms with Gasteiger partial charge < -0.3 is 5.32 Å². The van der Waals surface area contributed by atoms with Gasteiger partial charge in [0.2, 0.25) is 0 Å². The molecule has 98 valence electrons. The molecule has 0 fully saturated rings. The standard InChI is InChI=1S/C13H18ClN3S/c1-4-11(12-5-6-13(14)18-12)16-9(2)10-7-15-17(3)8-10/h5-9,11,16H,4H2,1-3H3/t9-,11-/m0/s1. The molecular weight excluding hydrogens is 266 g/mol. The molecule has 2 rings (SSSR count). The van der Waals surface area contributed by atoms with Crippen molar-refractivity contribution in [3.05, 3.63) is 39.3 Å². The Morgan fingerprint density at radius 1 is 1.50 bits per heavy atom. The van der Waals surface area contributed by atoms with Gasteiger partial charge >= 0.3 is 0 Å². The van der Waals surface area contributed by atoms with E-state index in [0.717, 1.165) is 10.8 Å². The fraction of sp³-hybridized carbons (Fsp3) is 0.462. The Balaban J connectivity index is 2.06. The molecule has 0 aromatic carbocycles. The van der Waals surface area contributed by atoms with Crippen LogP contribution in [0.4, 0.5) is 0 Å². The van der Waals surface area contributed by atoms with Crippen molar-refractivity contribution in [2.24, 2.45) is 7.05 Å². The molecule has 1 N–H and O–H groups in total. The number of nitrogens with zero attached hydrogens (tertiary/aromatic N) is 2. The number of rotatable bonds is 5. The van der Waals surface area contributed by atoms with Gasteiger partial charge in [-0.05, 0) is 25.5 Å². The van der Waals surface area contributed by atoms with Gasteiger partial charge in [0, 0.05) is 35.8 Å². The van der Waals surface area contributed by atoms with Gasteiger partial charge in [-0.1, -0.05) is 18.5 Å². The van der Waals surface area contributed by atoms with Gasteiger partial charge in [-0.25, -0.2) is 0 Å². The van der Waals surface area contributed by atoms with Gasteiger partial charge in [0.25, 0.3) is 0 Å². The van der Waals surface area contributed by atoms with Crippen molar-refractivity contribution in [2.75, 3.05) is 0 Å². The molecule has 0 aliphatic carbocycles. The van der Waals surface area contributed by atoms with E-state index in [9.17, 15) is 0 Å². The lowest BCUT2D eigenvalue weighted by atomic mass is 10.1. The maximum atomic E-state index is 6.00. The summed E-state index contributed by atoms with van der Waals surface area (Å²) in [5, 5.41) is 7.83.